The van der Waals surface area contributed by atoms with Crippen LogP contribution in [0.2, 0.25) is 5.02 Å². The maximum atomic E-state index is 5.95. The van der Waals surface area contributed by atoms with Crippen molar-refractivity contribution in [3.63, 3.8) is 0 Å². The van der Waals surface area contributed by atoms with E-state index in [-0.39, 0.29) is 0 Å². The van der Waals surface area contributed by atoms with Gasteiger partial charge in [-0.2, -0.15) is 0 Å². The Hall–Kier alpha value is -0.250. The molecule has 1 aliphatic heterocycles. The quantitative estimate of drug-likeness (QED) is 0.780. The van der Waals surface area contributed by atoms with Crippen molar-refractivity contribution in [1.29, 1.82) is 0 Å². The van der Waals surface area contributed by atoms with Crippen LogP contribution in [0.1, 0.15) is 18.4 Å². The highest BCUT2D eigenvalue weighted by Crippen LogP contribution is 2.26. The van der Waals surface area contributed by atoms with Gasteiger partial charge < -0.3 is 9.47 Å². The third-order valence-electron chi connectivity index (χ3n) is 2.98. The molecule has 0 saturated carbocycles. The molecule has 1 fully saturated rings. The van der Waals surface area contributed by atoms with E-state index >= 15 is 0 Å². The number of alkyl halides is 1. The average molecular weight is 320 g/mol. The molecule has 0 radical (unpaired) electrons. The summed E-state index contributed by atoms with van der Waals surface area (Å²) < 4.78 is 11.2. The summed E-state index contributed by atoms with van der Waals surface area (Å²) in [5, 5.41) is 1.51. The minimum Gasteiger partial charge on any atom is -0.493 e. The third kappa shape index (κ3) is 3.87. The zero-order valence-electron chi connectivity index (χ0n) is 9.62. The van der Waals surface area contributed by atoms with Crippen molar-refractivity contribution in [1.82, 2.24) is 0 Å². The van der Waals surface area contributed by atoms with Gasteiger partial charge in [0.2, 0.25) is 0 Å². The summed E-state index contributed by atoms with van der Waals surface area (Å²) in [5.41, 5.74) is 1.10. The Morgan fingerprint density at radius 1 is 1.35 bits per heavy atom. The summed E-state index contributed by atoms with van der Waals surface area (Å²) in [6.07, 6.45) is 2.19. The maximum Gasteiger partial charge on any atom is 0.123 e. The first-order chi connectivity index (χ1) is 8.29. The standard InChI is InChI=1S/C13H16BrClO2/c14-8-11-7-12(15)1-2-13(11)17-9-10-3-5-16-6-4-10/h1-2,7,10H,3-6,8-9H2. The normalized spacial score (nSPS) is 17.1. The number of ether oxygens (including phenoxy) is 2. The molecule has 1 aromatic rings. The molecule has 1 aliphatic rings. The van der Waals surface area contributed by atoms with Crippen molar-refractivity contribution in [2.75, 3.05) is 19.8 Å². The zero-order valence-corrected chi connectivity index (χ0v) is 12.0. The van der Waals surface area contributed by atoms with Gasteiger partial charge in [-0.1, -0.05) is 27.5 Å². The topological polar surface area (TPSA) is 18.5 Å². The molecule has 0 N–H and O–H groups in total. The first kappa shape index (κ1) is 13.2. The van der Waals surface area contributed by atoms with E-state index in [2.05, 4.69) is 15.9 Å². The van der Waals surface area contributed by atoms with Crippen LogP contribution in [0, 0.1) is 5.92 Å². The molecule has 94 valence electrons. The number of benzene rings is 1. The van der Waals surface area contributed by atoms with E-state index in [9.17, 15) is 0 Å². The second kappa shape index (κ2) is 6.62. The molecule has 0 bridgehead atoms. The molecule has 0 amide bonds. The Kier molecular flexibility index (Phi) is 5.14. The predicted octanol–water partition coefficient (Wildman–Crippen LogP) is 4.04. The number of hydrogen-bond donors (Lipinski definition) is 0. The van der Waals surface area contributed by atoms with Gasteiger partial charge in [0.15, 0.2) is 0 Å². The van der Waals surface area contributed by atoms with Crippen LogP contribution in [0.4, 0.5) is 0 Å². The Morgan fingerprint density at radius 2 is 2.12 bits per heavy atom. The highest BCUT2D eigenvalue weighted by molar-refractivity contribution is 9.08. The second-order valence-electron chi connectivity index (χ2n) is 4.25. The van der Waals surface area contributed by atoms with Crippen molar-refractivity contribution in [3.05, 3.63) is 28.8 Å². The molecular weight excluding hydrogens is 303 g/mol. The van der Waals surface area contributed by atoms with Gasteiger partial charge in [0.1, 0.15) is 5.75 Å². The van der Waals surface area contributed by atoms with Gasteiger partial charge in [0.25, 0.3) is 0 Å². The van der Waals surface area contributed by atoms with E-state index in [0.29, 0.717) is 5.92 Å². The molecule has 0 spiro atoms. The Balaban J connectivity index is 1.93. The predicted molar refractivity (Wildman–Crippen MR) is 73.1 cm³/mol. The minimum absolute atomic E-state index is 0.614. The van der Waals surface area contributed by atoms with Gasteiger partial charge in [-0.3, -0.25) is 0 Å². The summed E-state index contributed by atoms with van der Waals surface area (Å²) in [7, 11) is 0. The Labute approximate surface area is 115 Å². The van der Waals surface area contributed by atoms with Crippen molar-refractivity contribution >= 4 is 27.5 Å². The summed E-state index contributed by atoms with van der Waals surface area (Å²) >= 11 is 9.40. The molecule has 1 heterocycles. The fourth-order valence-corrected chi connectivity index (χ4v) is 2.55. The smallest absolute Gasteiger partial charge is 0.123 e. The third-order valence-corrected chi connectivity index (χ3v) is 3.82. The highest BCUT2D eigenvalue weighted by Gasteiger charge is 2.15. The second-order valence-corrected chi connectivity index (χ2v) is 5.25. The van der Waals surface area contributed by atoms with Gasteiger partial charge in [-0.25, -0.2) is 0 Å². The highest BCUT2D eigenvalue weighted by atomic mass is 79.9. The molecule has 0 aromatic heterocycles. The van der Waals surface area contributed by atoms with Crippen LogP contribution in [-0.2, 0) is 10.1 Å². The lowest BCUT2D eigenvalue weighted by Crippen LogP contribution is -2.21. The van der Waals surface area contributed by atoms with Gasteiger partial charge in [0, 0.05) is 29.1 Å². The number of halogens is 2. The first-order valence-corrected chi connectivity index (χ1v) is 7.34. The summed E-state index contributed by atoms with van der Waals surface area (Å²) in [6, 6.07) is 5.75. The van der Waals surface area contributed by atoms with E-state index in [1.807, 2.05) is 18.2 Å². The van der Waals surface area contributed by atoms with Gasteiger partial charge in [0.05, 0.1) is 6.61 Å². The van der Waals surface area contributed by atoms with Gasteiger partial charge in [-0.15, -0.1) is 0 Å². The molecule has 0 aliphatic carbocycles. The van der Waals surface area contributed by atoms with Crippen molar-refractivity contribution < 1.29 is 9.47 Å². The lowest BCUT2D eigenvalue weighted by Gasteiger charge is -2.22. The van der Waals surface area contributed by atoms with Crippen LogP contribution in [0.3, 0.4) is 0 Å². The van der Waals surface area contributed by atoms with E-state index in [0.717, 1.165) is 54.3 Å². The first-order valence-electron chi connectivity index (χ1n) is 5.84. The molecule has 2 rings (SSSR count). The van der Waals surface area contributed by atoms with Crippen molar-refractivity contribution in [2.45, 2.75) is 18.2 Å². The van der Waals surface area contributed by atoms with Crippen LogP contribution in [0.25, 0.3) is 0 Å². The molecule has 2 nitrogen and oxygen atoms in total. The van der Waals surface area contributed by atoms with Gasteiger partial charge >= 0.3 is 0 Å². The zero-order chi connectivity index (χ0) is 12.1. The molecular formula is C13H16BrClO2. The van der Waals surface area contributed by atoms with Crippen LogP contribution < -0.4 is 4.74 Å². The summed E-state index contributed by atoms with van der Waals surface area (Å²) in [4.78, 5) is 0. The van der Waals surface area contributed by atoms with Crippen LogP contribution >= 0.6 is 27.5 Å². The number of rotatable bonds is 4. The van der Waals surface area contributed by atoms with E-state index in [1.165, 1.54) is 0 Å². The molecule has 1 saturated heterocycles. The maximum absolute atomic E-state index is 5.95. The summed E-state index contributed by atoms with van der Waals surface area (Å²) in [5.74, 6) is 1.54. The monoisotopic (exact) mass is 318 g/mol. The average Bonchev–Trinajstić information content (AvgIpc) is 2.38. The fourth-order valence-electron chi connectivity index (χ4n) is 1.91. The van der Waals surface area contributed by atoms with E-state index in [4.69, 9.17) is 21.1 Å². The van der Waals surface area contributed by atoms with E-state index < -0.39 is 0 Å². The van der Waals surface area contributed by atoms with Crippen LogP contribution in [-0.4, -0.2) is 19.8 Å². The lowest BCUT2D eigenvalue weighted by atomic mass is 10.0. The minimum atomic E-state index is 0.614. The molecule has 1 aromatic carbocycles. The Morgan fingerprint density at radius 3 is 2.82 bits per heavy atom. The van der Waals surface area contributed by atoms with Crippen molar-refractivity contribution in [3.8, 4) is 5.75 Å². The fraction of sp³-hybridized carbons (Fsp3) is 0.538. The number of hydrogen-bond acceptors (Lipinski definition) is 2. The lowest BCUT2D eigenvalue weighted by molar-refractivity contribution is 0.0496. The molecule has 0 unspecified atom stereocenters. The van der Waals surface area contributed by atoms with Crippen LogP contribution in [0.15, 0.2) is 18.2 Å². The van der Waals surface area contributed by atoms with Crippen molar-refractivity contribution in [2.24, 2.45) is 5.92 Å². The summed E-state index contributed by atoms with van der Waals surface area (Å²) in [6.45, 7) is 2.49. The molecule has 17 heavy (non-hydrogen) atoms. The Bertz CT molecular complexity index is 364. The van der Waals surface area contributed by atoms with E-state index in [1.54, 1.807) is 0 Å². The van der Waals surface area contributed by atoms with Gasteiger partial charge in [-0.05, 0) is 37.0 Å². The molecule has 0 atom stereocenters. The van der Waals surface area contributed by atoms with Crippen LogP contribution in [0.5, 0.6) is 5.75 Å². The largest absolute Gasteiger partial charge is 0.493 e. The SMILES string of the molecule is Clc1ccc(OCC2CCOCC2)c(CBr)c1. The molecule has 4 heteroatoms.